The van der Waals surface area contributed by atoms with Gasteiger partial charge in [0.25, 0.3) is 0 Å². The van der Waals surface area contributed by atoms with Crippen LogP contribution in [0.1, 0.15) is 25.7 Å². The van der Waals surface area contributed by atoms with Gasteiger partial charge in [0.1, 0.15) is 11.9 Å². The maximum atomic E-state index is 11.8. The van der Waals surface area contributed by atoms with Crippen molar-refractivity contribution < 1.29 is 9.53 Å². The lowest BCUT2D eigenvalue weighted by Gasteiger charge is -2.28. The van der Waals surface area contributed by atoms with Crippen LogP contribution in [0, 0.1) is 5.92 Å². The maximum absolute atomic E-state index is 11.8. The largest absolute Gasteiger partial charge is 0.468 e. The number of nitrogens with two attached hydrogens (primary N) is 1. The Balaban J connectivity index is 1.86. The van der Waals surface area contributed by atoms with E-state index in [1.54, 1.807) is 18.1 Å². The van der Waals surface area contributed by atoms with Gasteiger partial charge in [0.05, 0.1) is 7.11 Å². The van der Waals surface area contributed by atoms with Gasteiger partial charge in [0.15, 0.2) is 4.34 Å². The summed E-state index contributed by atoms with van der Waals surface area (Å²) in [6, 6.07) is 0. The quantitative estimate of drug-likeness (QED) is 0.656. The Morgan fingerprint density at radius 3 is 3.28 bits per heavy atom. The first-order chi connectivity index (χ1) is 8.66. The number of carbonyl (C=O) groups excluding carboxylic acids is 1. The second-order valence-corrected chi connectivity index (χ2v) is 6.59. The third-order valence-electron chi connectivity index (χ3n) is 3.47. The Hall–Kier alpha value is -0.660. The van der Waals surface area contributed by atoms with Crippen molar-refractivity contribution in [1.82, 2.24) is 9.36 Å². The van der Waals surface area contributed by atoms with Crippen molar-refractivity contribution in [2.45, 2.75) is 35.6 Å². The van der Waals surface area contributed by atoms with Gasteiger partial charge in [-0.2, -0.15) is 4.37 Å². The first-order valence-electron chi connectivity index (χ1n) is 5.93. The summed E-state index contributed by atoms with van der Waals surface area (Å²) in [7, 11) is 1.41. The van der Waals surface area contributed by atoms with E-state index >= 15 is 0 Å². The Morgan fingerprint density at radius 1 is 1.78 bits per heavy atom. The summed E-state index contributed by atoms with van der Waals surface area (Å²) < 4.78 is 9.75. The van der Waals surface area contributed by atoms with Gasteiger partial charge in [0.2, 0.25) is 0 Å². The third kappa shape index (κ3) is 2.84. The molecule has 0 spiro atoms. The topological polar surface area (TPSA) is 78.1 Å². The second kappa shape index (κ2) is 5.99. The molecule has 2 N–H and O–H groups in total. The highest BCUT2D eigenvalue weighted by Gasteiger charge is 2.46. The lowest BCUT2D eigenvalue weighted by molar-refractivity contribution is -0.148. The average molecular weight is 287 g/mol. The molecular weight excluding hydrogens is 270 g/mol. The van der Waals surface area contributed by atoms with Crippen molar-refractivity contribution >= 4 is 29.3 Å². The molecule has 2 rings (SSSR count). The summed E-state index contributed by atoms with van der Waals surface area (Å²) in [6.07, 6.45) is 5.20. The van der Waals surface area contributed by atoms with Crippen LogP contribution in [-0.2, 0) is 9.53 Å². The summed E-state index contributed by atoms with van der Waals surface area (Å²) in [5, 5.41) is 0. The molecule has 1 aliphatic rings. The molecular formula is C11H17N3O2S2. The van der Waals surface area contributed by atoms with E-state index in [1.807, 2.05) is 0 Å². The predicted molar refractivity (Wildman–Crippen MR) is 71.5 cm³/mol. The fourth-order valence-corrected chi connectivity index (χ4v) is 4.05. The number of carbonyl (C=O) groups is 1. The van der Waals surface area contributed by atoms with Gasteiger partial charge < -0.3 is 10.5 Å². The highest BCUT2D eigenvalue weighted by molar-refractivity contribution is 8.00. The second-order valence-electron chi connectivity index (χ2n) is 4.47. The predicted octanol–water partition coefficient (Wildman–Crippen LogP) is 1.69. The highest BCUT2D eigenvalue weighted by Crippen LogP contribution is 2.38. The molecule has 0 aromatic carbocycles. The fourth-order valence-electron chi connectivity index (χ4n) is 2.48. The van der Waals surface area contributed by atoms with E-state index in [-0.39, 0.29) is 11.9 Å². The van der Waals surface area contributed by atoms with Gasteiger partial charge in [-0.3, -0.25) is 4.79 Å². The van der Waals surface area contributed by atoms with E-state index in [2.05, 4.69) is 9.36 Å². The van der Waals surface area contributed by atoms with Crippen LogP contribution in [0.25, 0.3) is 0 Å². The zero-order valence-corrected chi connectivity index (χ0v) is 11.9. The molecule has 1 aliphatic carbocycles. The standard InChI is InChI=1S/C11H17N3O2S2/c1-16-9(15)11(12)5-2-3-8(11)4-6-17-10-13-7-14-18-10/h7-8H,2-6,12H2,1H3. The highest BCUT2D eigenvalue weighted by atomic mass is 32.2. The maximum Gasteiger partial charge on any atom is 0.326 e. The fraction of sp³-hybridized carbons (Fsp3) is 0.727. The number of nitrogens with zero attached hydrogens (tertiary/aromatic N) is 2. The summed E-state index contributed by atoms with van der Waals surface area (Å²) in [6.45, 7) is 0. The normalized spacial score (nSPS) is 27.3. The zero-order chi connectivity index (χ0) is 13.0. The van der Waals surface area contributed by atoms with Gasteiger partial charge in [-0.15, -0.1) is 0 Å². The number of thioether (sulfide) groups is 1. The Bertz CT molecular complexity index is 399. The van der Waals surface area contributed by atoms with Gasteiger partial charge in [0, 0.05) is 5.75 Å². The zero-order valence-electron chi connectivity index (χ0n) is 10.3. The number of aromatic nitrogens is 2. The molecule has 1 aromatic rings. The smallest absolute Gasteiger partial charge is 0.326 e. The molecule has 0 radical (unpaired) electrons. The van der Waals surface area contributed by atoms with Crippen LogP contribution in [0.5, 0.6) is 0 Å². The number of hydrogen-bond donors (Lipinski definition) is 1. The first-order valence-corrected chi connectivity index (χ1v) is 7.69. The van der Waals surface area contributed by atoms with Crippen LogP contribution in [0.15, 0.2) is 10.7 Å². The van der Waals surface area contributed by atoms with E-state index < -0.39 is 5.54 Å². The van der Waals surface area contributed by atoms with Crippen molar-refractivity contribution in [2.75, 3.05) is 12.9 Å². The van der Waals surface area contributed by atoms with E-state index in [4.69, 9.17) is 10.5 Å². The molecule has 1 aromatic heterocycles. The SMILES string of the molecule is COC(=O)C1(N)CCCC1CCSc1ncns1. The molecule has 1 saturated carbocycles. The Kier molecular flexibility index (Phi) is 4.58. The molecule has 1 heterocycles. The monoisotopic (exact) mass is 287 g/mol. The number of ether oxygens (including phenoxy) is 1. The lowest BCUT2D eigenvalue weighted by Crippen LogP contribution is -2.51. The van der Waals surface area contributed by atoms with Crippen molar-refractivity contribution in [3.8, 4) is 0 Å². The molecule has 0 saturated heterocycles. The minimum absolute atomic E-state index is 0.213. The van der Waals surface area contributed by atoms with Gasteiger partial charge >= 0.3 is 5.97 Å². The van der Waals surface area contributed by atoms with E-state index in [0.29, 0.717) is 0 Å². The van der Waals surface area contributed by atoms with Crippen LogP contribution in [0.3, 0.4) is 0 Å². The number of esters is 1. The molecule has 0 amide bonds. The van der Waals surface area contributed by atoms with E-state index in [0.717, 1.165) is 35.8 Å². The van der Waals surface area contributed by atoms with E-state index in [1.165, 1.54) is 18.6 Å². The molecule has 100 valence electrons. The number of rotatable bonds is 5. The van der Waals surface area contributed by atoms with E-state index in [9.17, 15) is 4.79 Å². The van der Waals surface area contributed by atoms with Crippen LogP contribution in [0.2, 0.25) is 0 Å². The molecule has 18 heavy (non-hydrogen) atoms. The average Bonchev–Trinajstić information content (AvgIpc) is 3.00. The van der Waals surface area contributed by atoms with Crippen molar-refractivity contribution in [3.63, 3.8) is 0 Å². The molecule has 5 nitrogen and oxygen atoms in total. The minimum Gasteiger partial charge on any atom is -0.468 e. The molecule has 1 fully saturated rings. The lowest BCUT2D eigenvalue weighted by atomic mass is 9.86. The van der Waals surface area contributed by atoms with Crippen LogP contribution < -0.4 is 5.73 Å². The molecule has 0 bridgehead atoms. The third-order valence-corrected chi connectivity index (χ3v) is 5.30. The Labute approximate surface area is 115 Å². The van der Waals surface area contributed by atoms with Crippen LogP contribution in [0.4, 0.5) is 0 Å². The van der Waals surface area contributed by atoms with Crippen molar-refractivity contribution in [2.24, 2.45) is 11.7 Å². The number of hydrogen-bond acceptors (Lipinski definition) is 7. The van der Waals surface area contributed by atoms with Gasteiger partial charge in [-0.1, -0.05) is 18.2 Å². The molecule has 0 aliphatic heterocycles. The minimum atomic E-state index is -0.781. The molecule has 7 heteroatoms. The summed E-state index contributed by atoms with van der Waals surface area (Å²) in [5.41, 5.74) is 5.43. The first kappa shape index (κ1) is 13.8. The van der Waals surface area contributed by atoms with Crippen molar-refractivity contribution in [3.05, 3.63) is 6.33 Å². The number of methoxy groups -OCH3 is 1. The summed E-state index contributed by atoms with van der Waals surface area (Å²) in [5.74, 6) is 0.854. The van der Waals surface area contributed by atoms with Gasteiger partial charge in [-0.25, -0.2) is 4.98 Å². The van der Waals surface area contributed by atoms with Gasteiger partial charge in [-0.05, 0) is 36.7 Å². The molecule has 2 unspecified atom stereocenters. The summed E-state index contributed by atoms with van der Waals surface area (Å²) >= 11 is 3.07. The molecule has 2 atom stereocenters. The van der Waals surface area contributed by atoms with Crippen LogP contribution >= 0.6 is 23.3 Å². The van der Waals surface area contributed by atoms with Crippen molar-refractivity contribution in [1.29, 1.82) is 0 Å². The van der Waals surface area contributed by atoms with Crippen LogP contribution in [-0.4, -0.2) is 33.7 Å². The summed E-state index contributed by atoms with van der Waals surface area (Å²) in [4.78, 5) is 15.9. The Morgan fingerprint density at radius 2 is 2.61 bits per heavy atom.